The molecule has 0 aromatic heterocycles. The highest BCUT2D eigenvalue weighted by Crippen LogP contribution is 2.18. The minimum Gasteiger partial charge on any atom is -0.462 e. The third-order valence-electron chi connectivity index (χ3n) is 11.5. The molecule has 0 radical (unpaired) electrons. The summed E-state index contributed by atoms with van der Waals surface area (Å²) in [6.45, 7) is 13.6. The van der Waals surface area contributed by atoms with Gasteiger partial charge in [-0.1, -0.05) is 228 Å². The van der Waals surface area contributed by atoms with Crippen LogP contribution in [0.3, 0.4) is 0 Å². The normalized spacial score (nSPS) is 12.6. The Bertz CT molecular complexity index is 870. The number of hydrogen-bond donors (Lipinski definition) is 0. The van der Waals surface area contributed by atoms with Crippen molar-refractivity contribution in [1.29, 1.82) is 0 Å². The Morgan fingerprint density at radius 2 is 0.625 bits per heavy atom. The zero-order valence-corrected chi connectivity index (χ0v) is 38.4. The lowest BCUT2D eigenvalue weighted by molar-refractivity contribution is -0.167. The minimum absolute atomic E-state index is 0.0663. The van der Waals surface area contributed by atoms with E-state index in [2.05, 4.69) is 41.5 Å². The predicted molar refractivity (Wildman–Crippen MR) is 238 cm³/mol. The summed E-state index contributed by atoms with van der Waals surface area (Å²) in [6, 6.07) is 0. The van der Waals surface area contributed by atoms with Crippen molar-refractivity contribution >= 4 is 17.9 Å². The smallest absolute Gasteiger partial charge is 0.306 e. The molecule has 0 saturated carbocycles. The molecule has 0 fully saturated rings. The predicted octanol–water partition coefficient (Wildman–Crippen LogP) is 15.6. The maximum absolute atomic E-state index is 12.7. The first-order valence-corrected chi connectivity index (χ1v) is 24.6. The minimum atomic E-state index is -0.763. The van der Waals surface area contributed by atoms with Crippen LogP contribution < -0.4 is 0 Å². The van der Waals surface area contributed by atoms with Gasteiger partial charge in [0.05, 0.1) is 0 Å². The van der Waals surface area contributed by atoms with Gasteiger partial charge >= 0.3 is 17.9 Å². The van der Waals surface area contributed by atoms with Crippen molar-refractivity contribution in [3.8, 4) is 0 Å². The number of carbonyl (C=O) groups excluding carboxylic acids is 3. The first kappa shape index (κ1) is 54.4. The molecule has 0 amide bonds. The third kappa shape index (κ3) is 42.0. The van der Waals surface area contributed by atoms with Crippen LogP contribution >= 0.6 is 0 Å². The fraction of sp³-hybridized carbons (Fsp3) is 0.940. The summed E-state index contributed by atoms with van der Waals surface area (Å²) in [5, 5.41) is 0. The second-order valence-electron chi connectivity index (χ2n) is 18.3. The van der Waals surface area contributed by atoms with Crippen LogP contribution in [-0.4, -0.2) is 37.2 Å². The largest absolute Gasteiger partial charge is 0.462 e. The Balaban J connectivity index is 4.26. The monoisotopic (exact) mass is 793 g/mol. The molecule has 0 bridgehead atoms. The first-order chi connectivity index (χ1) is 27.1. The van der Waals surface area contributed by atoms with Crippen LogP contribution in [0.1, 0.15) is 266 Å². The number of unbranched alkanes of at least 4 members (excludes halogenated alkanes) is 25. The van der Waals surface area contributed by atoms with E-state index in [0.29, 0.717) is 19.3 Å². The second-order valence-corrected chi connectivity index (χ2v) is 18.3. The standard InChI is InChI=1S/C50H96O6/c1-7-46(6)38-32-26-19-16-17-21-28-34-40-49(52)55-43-47(56-50(53)41-35-29-23-22-25-31-37-45(4)5)42-54-48(51)39-33-27-20-15-13-11-9-8-10-12-14-18-24-30-36-44(2)3/h44-47H,7-43H2,1-6H3/t46?,47-/m1/s1. The van der Waals surface area contributed by atoms with Gasteiger partial charge in [-0.25, -0.2) is 0 Å². The van der Waals surface area contributed by atoms with Gasteiger partial charge in [-0.15, -0.1) is 0 Å². The SMILES string of the molecule is CCC(C)CCCCCCCCCCC(=O)OC[C@@H](COC(=O)CCCCCCCCCCCCCCCCC(C)C)OC(=O)CCCCCCCCC(C)C. The van der Waals surface area contributed by atoms with Crippen LogP contribution in [0.5, 0.6) is 0 Å². The van der Waals surface area contributed by atoms with Crippen molar-refractivity contribution in [2.24, 2.45) is 17.8 Å². The van der Waals surface area contributed by atoms with Crippen LogP contribution in [0.2, 0.25) is 0 Å². The van der Waals surface area contributed by atoms with E-state index in [-0.39, 0.29) is 31.1 Å². The molecule has 56 heavy (non-hydrogen) atoms. The summed E-state index contributed by atoms with van der Waals surface area (Å²) in [5.74, 6) is 1.59. The van der Waals surface area contributed by atoms with Gasteiger partial charge in [-0.3, -0.25) is 14.4 Å². The van der Waals surface area contributed by atoms with Crippen molar-refractivity contribution in [1.82, 2.24) is 0 Å². The second kappa shape index (κ2) is 41.6. The fourth-order valence-corrected chi connectivity index (χ4v) is 7.38. The quantitative estimate of drug-likeness (QED) is 0.0348. The van der Waals surface area contributed by atoms with E-state index in [0.717, 1.165) is 75.5 Å². The van der Waals surface area contributed by atoms with Gasteiger partial charge in [0.1, 0.15) is 13.2 Å². The summed E-state index contributed by atoms with van der Waals surface area (Å²) in [5.41, 5.74) is 0. The third-order valence-corrected chi connectivity index (χ3v) is 11.5. The van der Waals surface area contributed by atoms with E-state index >= 15 is 0 Å². The van der Waals surface area contributed by atoms with Crippen molar-refractivity contribution < 1.29 is 28.6 Å². The summed E-state index contributed by atoms with van der Waals surface area (Å²) in [7, 11) is 0. The molecule has 2 atom stereocenters. The van der Waals surface area contributed by atoms with Gasteiger partial charge in [0.25, 0.3) is 0 Å². The lowest BCUT2D eigenvalue weighted by atomic mass is 9.99. The number of esters is 3. The lowest BCUT2D eigenvalue weighted by Crippen LogP contribution is -2.30. The van der Waals surface area contributed by atoms with E-state index in [1.165, 1.54) is 148 Å². The Morgan fingerprint density at radius 3 is 0.929 bits per heavy atom. The Kier molecular flexibility index (Phi) is 40.4. The molecular formula is C50H96O6. The molecular weight excluding hydrogens is 697 g/mol. The molecule has 1 unspecified atom stereocenters. The summed E-state index contributed by atoms with van der Waals surface area (Å²) < 4.78 is 16.7. The molecule has 0 aromatic rings. The van der Waals surface area contributed by atoms with Crippen LogP contribution in [0, 0.1) is 17.8 Å². The lowest BCUT2D eigenvalue weighted by Gasteiger charge is -2.18. The highest BCUT2D eigenvalue weighted by molar-refractivity contribution is 5.71. The number of hydrogen-bond acceptors (Lipinski definition) is 6. The number of rotatable bonds is 43. The van der Waals surface area contributed by atoms with Gasteiger partial charge in [-0.2, -0.15) is 0 Å². The zero-order valence-electron chi connectivity index (χ0n) is 38.4. The maximum Gasteiger partial charge on any atom is 0.306 e. The van der Waals surface area contributed by atoms with Crippen LogP contribution in [0.4, 0.5) is 0 Å². The number of ether oxygens (including phenoxy) is 3. The van der Waals surface area contributed by atoms with E-state index in [1.54, 1.807) is 0 Å². The molecule has 6 nitrogen and oxygen atoms in total. The Hall–Kier alpha value is -1.59. The highest BCUT2D eigenvalue weighted by atomic mass is 16.6. The van der Waals surface area contributed by atoms with Crippen LogP contribution in [0.15, 0.2) is 0 Å². The Morgan fingerprint density at radius 1 is 0.357 bits per heavy atom. The molecule has 0 aliphatic carbocycles. The summed E-state index contributed by atoms with van der Waals surface area (Å²) in [4.78, 5) is 37.8. The molecule has 0 rings (SSSR count). The molecule has 332 valence electrons. The summed E-state index contributed by atoms with van der Waals surface area (Å²) >= 11 is 0. The van der Waals surface area contributed by atoms with Crippen molar-refractivity contribution in [2.75, 3.05) is 13.2 Å². The average molecular weight is 793 g/mol. The zero-order chi connectivity index (χ0) is 41.3. The van der Waals surface area contributed by atoms with Gasteiger partial charge in [0.15, 0.2) is 6.10 Å². The van der Waals surface area contributed by atoms with Crippen molar-refractivity contribution in [2.45, 2.75) is 272 Å². The first-order valence-electron chi connectivity index (χ1n) is 24.6. The van der Waals surface area contributed by atoms with Crippen LogP contribution in [-0.2, 0) is 28.6 Å². The van der Waals surface area contributed by atoms with E-state index in [1.807, 2.05) is 0 Å². The van der Waals surface area contributed by atoms with E-state index < -0.39 is 6.10 Å². The van der Waals surface area contributed by atoms with Gasteiger partial charge in [0.2, 0.25) is 0 Å². The van der Waals surface area contributed by atoms with Crippen molar-refractivity contribution in [3.05, 3.63) is 0 Å². The molecule has 0 saturated heterocycles. The van der Waals surface area contributed by atoms with Gasteiger partial charge in [0, 0.05) is 19.3 Å². The van der Waals surface area contributed by atoms with Gasteiger partial charge in [-0.05, 0) is 37.0 Å². The maximum atomic E-state index is 12.7. The van der Waals surface area contributed by atoms with E-state index in [4.69, 9.17) is 14.2 Å². The topological polar surface area (TPSA) is 78.9 Å². The average Bonchev–Trinajstić information content (AvgIpc) is 3.16. The fourth-order valence-electron chi connectivity index (χ4n) is 7.38. The van der Waals surface area contributed by atoms with Gasteiger partial charge < -0.3 is 14.2 Å². The Labute approximate surface area is 348 Å². The number of carbonyl (C=O) groups is 3. The highest BCUT2D eigenvalue weighted by Gasteiger charge is 2.19. The molecule has 0 aliphatic rings. The summed E-state index contributed by atoms with van der Waals surface area (Å²) in [6.07, 6.45) is 39.6. The molecule has 0 heterocycles. The molecule has 0 N–H and O–H groups in total. The van der Waals surface area contributed by atoms with Crippen molar-refractivity contribution in [3.63, 3.8) is 0 Å². The van der Waals surface area contributed by atoms with Crippen LogP contribution in [0.25, 0.3) is 0 Å². The molecule has 0 spiro atoms. The van der Waals surface area contributed by atoms with E-state index in [9.17, 15) is 14.4 Å². The molecule has 6 heteroatoms. The molecule has 0 aromatic carbocycles. The molecule has 0 aliphatic heterocycles.